The summed E-state index contributed by atoms with van der Waals surface area (Å²) in [4.78, 5) is 23.3. The monoisotopic (exact) mass is 427 g/mol. The van der Waals surface area contributed by atoms with Crippen molar-refractivity contribution in [3.63, 3.8) is 0 Å². The smallest absolute Gasteiger partial charge is 0.228 e. The maximum atomic E-state index is 11.7. The number of hydrogen-bond acceptors (Lipinski definition) is 7. The van der Waals surface area contributed by atoms with Gasteiger partial charge < -0.3 is 20.3 Å². The predicted molar refractivity (Wildman–Crippen MR) is 121 cm³/mol. The first-order valence-corrected chi connectivity index (χ1v) is 10.6. The van der Waals surface area contributed by atoms with Crippen molar-refractivity contribution < 1.29 is 9.53 Å². The third-order valence-electron chi connectivity index (χ3n) is 5.77. The Labute approximate surface area is 184 Å². The maximum absolute atomic E-state index is 11.7. The van der Waals surface area contributed by atoms with E-state index in [0.29, 0.717) is 6.42 Å². The average molecular weight is 427 g/mol. The summed E-state index contributed by atoms with van der Waals surface area (Å²) < 4.78 is 7.17. The van der Waals surface area contributed by atoms with E-state index < -0.39 is 0 Å². The number of nitrogens with zero attached hydrogens (tertiary/aromatic N) is 5. The fourth-order valence-electron chi connectivity index (χ4n) is 4.12. The molecule has 3 aromatic heterocycles. The zero-order chi connectivity index (χ0) is 21.5. The quantitative estimate of drug-likeness (QED) is 0.517. The molecule has 9 heteroatoms. The fourth-order valence-corrected chi connectivity index (χ4v) is 4.12. The van der Waals surface area contributed by atoms with Gasteiger partial charge in [-0.05, 0) is 23.8 Å². The third-order valence-corrected chi connectivity index (χ3v) is 5.77. The lowest BCUT2D eigenvalue weighted by Crippen LogP contribution is -2.36. The minimum atomic E-state index is 0.0188. The number of rotatable bonds is 4. The van der Waals surface area contributed by atoms with Gasteiger partial charge in [0.05, 0.1) is 43.4 Å². The highest BCUT2D eigenvalue weighted by Gasteiger charge is 2.19. The molecule has 4 aromatic rings. The van der Waals surface area contributed by atoms with Crippen molar-refractivity contribution in [3.05, 3.63) is 60.4 Å². The minimum absolute atomic E-state index is 0.0188. The van der Waals surface area contributed by atoms with Gasteiger partial charge in [0.15, 0.2) is 5.65 Å². The highest BCUT2D eigenvalue weighted by Crippen LogP contribution is 2.30. The molecule has 2 aliphatic heterocycles. The number of ether oxygens (including phenoxy) is 1. The number of carbonyl (C=O) groups excluding carboxylic acids is 1. The number of nitrogens with one attached hydrogen (secondary N) is 2. The summed E-state index contributed by atoms with van der Waals surface area (Å²) >= 11 is 0. The van der Waals surface area contributed by atoms with Crippen molar-refractivity contribution in [1.82, 2.24) is 19.6 Å². The van der Waals surface area contributed by atoms with Crippen LogP contribution in [0, 0.1) is 0 Å². The standard InChI is InChI=1S/C23H21N7O2/c31-23-12-16-2-1-15(11-18(16)27-23)19-13-22(30-21(26-19)5-6-25-30)28-20-4-3-17(14-24-20)29-7-9-32-10-8-29/h1-6,11,13-14H,7-10,12H2,(H,24,28)(H,27,31). The highest BCUT2D eigenvalue weighted by molar-refractivity contribution is 5.99. The number of pyridine rings is 1. The van der Waals surface area contributed by atoms with E-state index in [1.165, 1.54) is 0 Å². The van der Waals surface area contributed by atoms with Crippen LogP contribution >= 0.6 is 0 Å². The second kappa shape index (κ2) is 7.61. The van der Waals surface area contributed by atoms with Crippen LogP contribution in [0.5, 0.6) is 0 Å². The van der Waals surface area contributed by atoms with Crippen molar-refractivity contribution >= 4 is 34.6 Å². The molecule has 0 bridgehead atoms. The third kappa shape index (κ3) is 3.42. The van der Waals surface area contributed by atoms with Gasteiger partial charge in [0, 0.05) is 36.5 Å². The van der Waals surface area contributed by atoms with Crippen molar-refractivity contribution in [2.24, 2.45) is 0 Å². The van der Waals surface area contributed by atoms with Crippen LogP contribution in [0.15, 0.2) is 54.9 Å². The molecule has 0 spiro atoms. The van der Waals surface area contributed by atoms with Crippen molar-refractivity contribution in [2.45, 2.75) is 6.42 Å². The molecule has 1 fully saturated rings. The van der Waals surface area contributed by atoms with Crippen LogP contribution in [0.2, 0.25) is 0 Å². The molecule has 0 saturated carbocycles. The van der Waals surface area contributed by atoms with Gasteiger partial charge >= 0.3 is 0 Å². The summed E-state index contributed by atoms with van der Waals surface area (Å²) in [5.74, 6) is 1.49. The lowest BCUT2D eigenvalue weighted by atomic mass is 10.1. The lowest BCUT2D eigenvalue weighted by molar-refractivity contribution is -0.115. The molecular formula is C23H21N7O2. The molecule has 1 amide bonds. The average Bonchev–Trinajstić information content (AvgIpc) is 3.45. The molecule has 0 atom stereocenters. The van der Waals surface area contributed by atoms with Gasteiger partial charge in [-0.3, -0.25) is 4.79 Å². The number of carbonyl (C=O) groups is 1. The molecule has 1 saturated heterocycles. The van der Waals surface area contributed by atoms with Crippen molar-refractivity contribution in [1.29, 1.82) is 0 Å². The predicted octanol–water partition coefficient (Wildman–Crippen LogP) is 2.87. The molecule has 6 rings (SSSR count). The molecular weight excluding hydrogens is 406 g/mol. The first kappa shape index (κ1) is 18.8. The van der Waals surface area contributed by atoms with Crippen LogP contribution in [-0.4, -0.2) is 51.8 Å². The van der Waals surface area contributed by atoms with Crippen molar-refractivity contribution in [2.75, 3.05) is 41.8 Å². The summed E-state index contributed by atoms with van der Waals surface area (Å²) in [5.41, 5.74) is 5.37. The Morgan fingerprint density at radius 1 is 1.06 bits per heavy atom. The molecule has 160 valence electrons. The summed E-state index contributed by atoms with van der Waals surface area (Å²) in [5, 5.41) is 10.7. The highest BCUT2D eigenvalue weighted by atomic mass is 16.5. The Bertz CT molecular complexity index is 1310. The topological polar surface area (TPSA) is 96.7 Å². The molecule has 9 nitrogen and oxygen atoms in total. The fraction of sp³-hybridized carbons (Fsp3) is 0.217. The minimum Gasteiger partial charge on any atom is -0.378 e. The van der Waals surface area contributed by atoms with E-state index >= 15 is 0 Å². The Hall–Kier alpha value is -3.98. The maximum Gasteiger partial charge on any atom is 0.228 e. The van der Waals surface area contributed by atoms with E-state index in [9.17, 15) is 4.79 Å². The van der Waals surface area contributed by atoms with E-state index in [-0.39, 0.29) is 5.91 Å². The van der Waals surface area contributed by atoms with Gasteiger partial charge in [-0.25, -0.2) is 9.97 Å². The number of amides is 1. The van der Waals surface area contributed by atoms with Crippen LogP contribution < -0.4 is 15.5 Å². The van der Waals surface area contributed by atoms with Gasteiger partial charge in [-0.1, -0.05) is 12.1 Å². The van der Waals surface area contributed by atoms with Gasteiger partial charge in [-0.2, -0.15) is 9.61 Å². The van der Waals surface area contributed by atoms with Crippen LogP contribution in [-0.2, 0) is 16.0 Å². The lowest BCUT2D eigenvalue weighted by Gasteiger charge is -2.28. The summed E-state index contributed by atoms with van der Waals surface area (Å²) in [7, 11) is 0. The number of fused-ring (bicyclic) bond motifs is 2. The molecule has 1 aromatic carbocycles. The molecule has 0 radical (unpaired) electrons. The molecule has 0 unspecified atom stereocenters. The molecule has 32 heavy (non-hydrogen) atoms. The number of hydrogen-bond donors (Lipinski definition) is 2. The van der Waals surface area contributed by atoms with Crippen LogP contribution in [0.3, 0.4) is 0 Å². The second-order valence-electron chi connectivity index (χ2n) is 7.85. The molecule has 2 N–H and O–H groups in total. The van der Waals surface area contributed by atoms with E-state index in [0.717, 1.165) is 71.8 Å². The Morgan fingerprint density at radius 3 is 2.81 bits per heavy atom. The summed E-state index contributed by atoms with van der Waals surface area (Å²) in [6, 6.07) is 13.8. The Morgan fingerprint density at radius 2 is 1.97 bits per heavy atom. The van der Waals surface area contributed by atoms with Crippen LogP contribution in [0.25, 0.3) is 16.9 Å². The van der Waals surface area contributed by atoms with Gasteiger partial charge in [0.1, 0.15) is 11.6 Å². The number of morpholine rings is 1. The molecule has 0 aliphatic carbocycles. The Kier molecular flexibility index (Phi) is 4.46. The van der Waals surface area contributed by atoms with Gasteiger partial charge in [-0.15, -0.1) is 0 Å². The van der Waals surface area contributed by atoms with E-state index in [4.69, 9.17) is 9.72 Å². The zero-order valence-electron chi connectivity index (χ0n) is 17.3. The van der Waals surface area contributed by atoms with E-state index in [1.807, 2.05) is 42.6 Å². The van der Waals surface area contributed by atoms with Crippen LogP contribution in [0.1, 0.15) is 5.56 Å². The number of benzene rings is 1. The first-order chi connectivity index (χ1) is 15.7. The molecule has 2 aliphatic rings. The second-order valence-corrected chi connectivity index (χ2v) is 7.85. The van der Waals surface area contributed by atoms with Crippen molar-refractivity contribution in [3.8, 4) is 11.3 Å². The number of aromatic nitrogens is 4. The van der Waals surface area contributed by atoms with Gasteiger partial charge in [0.25, 0.3) is 0 Å². The van der Waals surface area contributed by atoms with E-state index in [2.05, 4.69) is 31.7 Å². The SMILES string of the molecule is O=C1Cc2ccc(-c3cc(Nc4ccc(N5CCOCC5)cn4)n4nccc4n3)cc2N1. The summed E-state index contributed by atoms with van der Waals surface area (Å²) in [6.45, 7) is 3.22. The first-order valence-electron chi connectivity index (χ1n) is 10.6. The Balaban J connectivity index is 1.31. The number of anilines is 4. The molecule has 5 heterocycles. The van der Waals surface area contributed by atoms with Crippen LogP contribution in [0.4, 0.5) is 23.0 Å². The largest absolute Gasteiger partial charge is 0.378 e. The normalized spacial score (nSPS) is 15.6. The zero-order valence-corrected chi connectivity index (χ0v) is 17.3. The van der Waals surface area contributed by atoms with E-state index in [1.54, 1.807) is 10.7 Å². The summed E-state index contributed by atoms with van der Waals surface area (Å²) in [6.07, 6.45) is 4.01. The van der Waals surface area contributed by atoms with Gasteiger partial charge in [0.2, 0.25) is 5.91 Å².